The van der Waals surface area contributed by atoms with Gasteiger partial charge < -0.3 is 10.6 Å². The van der Waals surface area contributed by atoms with E-state index in [-0.39, 0.29) is 0 Å². The molecule has 110 valence electrons. The zero-order chi connectivity index (χ0) is 15.4. The Bertz CT molecular complexity index is 653. The van der Waals surface area contributed by atoms with E-state index in [2.05, 4.69) is 61.2 Å². The number of para-hydroxylation sites is 1. The maximum absolute atomic E-state index is 5.99. The summed E-state index contributed by atoms with van der Waals surface area (Å²) in [5.74, 6) is 0. The van der Waals surface area contributed by atoms with E-state index in [4.69, 9.17) is 18.0 Å². The summed E-state index contributed by atoms with van der Waals surface area (Å²) in [7, 11) is 0. The van der Waals surface area contributed by atoms with E-state index in [1.54, 1.807) is 11.8 Å². The highest BCUT2D eigenvalue weighted by atomic mass is 32.2. The number of nitrogens with zero attached hydrogens (tertiary/aromatic N) is 1. The number of rotatable bonds is 5. The van der Waals surface area contributed by atoms with Gasteiger partial charge in [0.15, 0.2) is 0 Å². The summed E-state index contributed by atoms with van der Waals surface area (Å²) in [6.07, 6.45) is 2.05. The van der Waals surface area contributed by atoms with Gasteiger partial charge in [-0.1, -0.05) is 36.5 Å². The number of thiocarbonyl (C=S) groups is 1. The molecule has 0 atom stereocenters. The Hall–Kier alpha value is -1.52. The molecule has 0 unspecified atom stereocenters. The van der Waals surface area contributed by atoms with E-state index in [1.807, 2.05) is 6.26 Å². The van der Waals surface area contributed by atoms with Crippen LogP contribution in [0.3, 0.4) is 0 Å². The molecule has 0 aliphatic carbocycles. The van der Waals surface area contributed by atoms with Crippen LogP contribution in [0.25, 0.3) is 0 Å². The average molecular weight is 316 g/mol. The maximum atomic E-state index is 5.99. The lowest BCUT2D eigenvalue weighted by atomic mass is 10.1. The molecule has 0 aliphatic rings. The summed E-state index contributed by atoms with van der Waals surface area (Å²) >= 11 is 6.96. The van der Waals surface area contributed by atoms with Gasteiger partial charge in [-0.2, -0.15) is 0 Å². The molecule has 0 aromatic heterocycles. The first-order chi connectivity index (χ1) is 10.1. The van der Waals surface area contributed by atoms with E-state index >= 15 is 0 Å². The zero-order valence-corrected chi connectivity index (χ0v) is 14.2. The van der Waals surface area contributed by atoms with Gasteiger partial charge in [0.05, 0.1) is 5.69 Å². The number of hydrogen-bond donors (Lipinski definition) is 1. The van der Waals surface area contributed by atoms with Crippen LogP contribution in [0, 0.1) is 6.92 Å². The van der Waals surface area contributed by atoms with Crippen LogP contribution in [0.15, 0.2) is 47.4 Å². The van der Waals surface area contributed by atoms with E-state index in [0.29, 0.717) is 4.99 Å². The second-order valence-electron chi connectivity index (χ2n) is 4.75. The van der Waals surface area contributed by atoms with Crippen molar-refractivity contribution >= 4 is 40.3 Å². The largest absolute Gasteiger partial charge is 0.389 e. The molecule has 0 radical (unpaired) electrons. The van der Waals surface area contributed by atoms with Crippen LogP contribution < -0.4 is 10.6 Å². The molecule has 2 rings (SSSR count). The minimum atomic E-state index is 0.446. The Kier molecular flexibility index (Phi) is 5.26. The molecule has 0 saturated heterocycles. The van der Waals surface area contributed by atoms with Crippen molar-refractivity contribution in [3.05, 3.63) is 53.6 Å². The summed E-state index contributed by atoms with van der Waals surface area (Å²) in [5.41, 5.74) is 10.5. The van der Waals surface area contributed by atoms with Crippen LogP contribution in [0.4, 0.5) is 11.4 Å². The smallest absolute Gasteiger partial charge is 0.107 e. The summed E-state index contributed by atoms with van der Waals surface area (Å²) in [6.45, 7) is 5.12. The average Bonchev–Trinajstić information content (AvgIpc) is 2.49. The van der Waals surface area contributed by atoms with Gasteiger partial charge >= 0.3 is 0 Å². The molecule has 0 fully saturated rings. The normalized spacial score (nSPS) is 10.4. The van der Waals surface area contributed by atoms with Crippen molar-refractivity contribution in [1.29, 1.82) is 0 Å². The number of aryl methyl sites for hydroxylation is 1. The predicted molar refractivity (Wildman–Crippen MR) is 98.0 cm³/mol. The first kappa shape index (κ1) is 15.9. The van der Waals surface area contributed by atoms with E-state index in [0.717, 1.165) is 22.7 Å². The van der Waals surface area contributed by atoms with Crippen LogP contribution in [-0.4, -0.2) is 17.8 Å². The van der Waals surface area contributed by atoms with Crippen molar-refractivity contribution in [3.8, 4) is 0 Å². The SMILES string of the molecule is CCN(c1ccccc1C)c1cccc(SC)c1C(N)=S. The Morgan fingerprint density at radius 3 is 2.38 bits per heavy atom. The van der Waals surface area contributed by atoms with Crippen molar-refractivity contribution in [2.45, 2.75) is 18.7 Å². The van der Waals surface area contributed by atoms with E-state index in [1.165, 1.54) is 11.3 Å². The third-order valence-electron chi connectivity index (χ3n) is 3.48. The van der Waals surface area contributed by atoms with Crippen LogP contribution in [0.5, 0.6) is 0 Å². The highest BCUT2D eigenvalue weighted by Crippen LogP contribution is 2.35. The number of anilines is 2. The van der Waals surface area contributed by atoms with Gasteiger partial charge in [0.1, 0.15) is 4.99 Å². The van der Waals surface area contributed by atoms with Crippen LogP contribution in [0.1, 0.15) is 18.1 Å². The molecule has 0 amide bonds. The number of nitrogens with two attached hydrogens (primary N) is 1. The number of benzene rings is 2. The van der Waals surface area contributed by atoms with E-state index in [9.17, 15) is 0 Å². The lowest BCUT2D eigenvalue weighted by Gasteiger charge is -2.28. The van der Waals surface area contributed by atoms with Gasteiger partial charge in [-0.3, -0.25) is 0 Å². The summed E-state index contributed by atoms with van der Waals surface area (Å²) in [4.78, 5) is 3.83. The monoisotopic (exact) mass is 316 g/mol. The molecule has 0 heterocycles. The topological polar surface area (TPSA) is 29.3 Å². The maximum Gasteiger partial charge on any atom is 0.107 e. The molecule has 2 aromatic rings. The predicted octanol–water partition coefficient (Wildman–Crippen LogP) is 4.51. The van der Waals surface area contributed by atoms with Crippen molar-refractivity contribution in [3.63, 3.8) is 0 Å². The first-order valence-electron chi connectivity index (χ1n) is 6.90. The van der Waals surface area contributed by atoms with Crippen molar-refractivity contribution in [2.75, 3.05) is 17.7 Å². The third-order valence-corrected chi connectivity index (χ3v) is 4.47. The zero-order valence-electron chi connectivity index (χ0n) is 12.6. The van der Waals surface area contributed by atoms with Crippen molar-refractivity contribution < 1.29 is 0 Å². The van der Waals surface area contributed by atoms with Gasteiger partial charge in [0, 0.05) is 22.7 Å². The fraction of sp³-hybridized carbons (Fsp3) is 0.235. The Morgan fingerprint density at radius 2 is 1.81 bits per heavy atom. The molecule has 4 heteroatoms. The third kappa shape index (κ3) is 3.22. The molecule has 2 nitrogen and oxygen atoms in total. The fourth-order valence-electron chi connectivity index (χ4n) is 2.50. The Morgan fingerprint density at radius 1 is 1.14 bits per heavy atom. The standard InChI is InChI=1S/C17H20N2S2/c1-4-19(13-9-6-5-8-12(13)2)14-10-7-11-15(21-3)16(14)17(18)20/h5-11H,4H2,1-3H3,(H2,18,20). The van der Waals surface area contributed by atoms with Crippen LogP contribution in [-0.2, 0) is 0 Å². The van der Waals surface area contributed by atoms with Gasteiger partial charge in [0.25, 0.3) is 0 Å². The van der Waals surface area contributed by atoms with Crippen LogP contribution in [0.2, 0.25) is 0 Å². The highest BCUT2D eigenvalue weighted by molar-refractivity contribution is 7.98. The van der Waals surface area contributed by atoms with Crippen LogP contribution >= 0.6 is 24.0 Å². The van der Waals surface area contributed by atoms with Crippen molar-refractivity contribution in [2.24, 2.45) is 5.73 Å². The summed E-state index contributed by atoms with van der Waals surface area (Å²) < 4.78 is 0. The fourth-order valence-corrected chi connectivity index (χ4v) is 3.41. The number of thioether (sulfide) groups is 1. The minimum absolute atomic E-state index is 0.446. The highest BCUT2D eigenvalue weighted by Gasteiger charge is 2.17. The summed E-state index contributed by atoms with van der Waals surface area (Å²) in [6, 6.07) is 14.6. The molecular formula is C17H20N2S2. The second kappa shape index (κ2) is 6.96. The Balaban J connectivity index is 2.63. The molecule has 21 heavy (non-hydrogen) atoms. The Labute approximate surface area is 136 Å². The second-order valence-corrected chi connectivity index (χ2v) is 6.04. The lowest BCUT2D eigenvalue weighted by Crippen LogP contribution is -2.22. The van der Waals surface area contributed by atoms with Gasteiger partial charge in [-0.15, -0.1) is 11.8 Å². The number of hydrogen-bond acceptors (Lipinski definition) is 3. The quantitative estimate of drug-likeness (QED) is 0.649. The molecule has 0 spiro atoms. The van der Waals surface area contributed by atoms with Gasteiger partial charge in [-0.25, -0.2) is 0 Å². The molecule has 0 aliphatic heterocycles. The molecule has 0 saturated carbocycles. The minimum Gasteiger partial charge on any atom is -0.389 e. The van der Waals surface area contributed by atoms with Gasteiger partial charge in [-0.05, 0) is 43.9 Å². The molecular weight excluding hydrogens is 296 g/mol. The van der Waals surface area contributed by atoms with Crippen molar-refractivity contribution in [1.82, 2.24) is 0 Å². The summed E-state index contributed by atoms with van der Waals surface area (Å²) in [5, 5.41) is 0. The van der Waals surface area contributed by atoms with Gasteiger partial charge in [0.2, 0.25) is 0 Å². The lowest BCUT2D eigenvalue weighted by molar-refractivity contribution is 1.01. The first-order valence-corrected chi connectivity index (χ1v) is 8.53. The molecule has 2 N–H and O–H groups in total. The molecule has 0 bridgehead atoms. The molecule has 2 aromatic carbocycles. The van der Waals surface area contributed by atoms with E-state index < -0.39 is 0 Å².